The zero-order valence-corrected chi connectivity index (χ0v) is 43.3. The van der Waals surface area contributed by atoms with Gasteiger partial charge in [-0.15, -0.1) is 0 Å². The Morgan fingerprint density at radius 1 is 0.470 bits per heavy atom. The third-order valence-corrected chi connectivity index (χ3v) is 17.6. The van der Waals surface area contributed by atoms with Crippen molar-refractivity contribution in [2.24, 2.45) is 0 Å². The summed E-state index contributed by atoms with van der Waals surface area (Å²) in [4.78, 5) is 8.79. The first-order valence-corrected chi connectivity index (χ1v) is 25.4. The Hall–Kier alpha value is -3.85. The van der Waals surface area contributed by atoms with E-state index in [1.54, 1.807) is 97.8 Å². The summed E-state index contributed by atoms with van der Waals surface area (Å²) in [6.45, 7) is 28.0. The Morgan fingerprint density at radius 3 is 1.20 bits per heavy atom. The van der Waals surface area contributed by atoms with E-state index >= 15 is 0 Å². The van der Waals surface area contributed by atoms with Gasteiger partial charge in [0.05, 0.1) is 66.8 Å². The van der Waals surface area contributed by atoms with Crippen LogP contribution in [-0.2, 0) is 48.0 Å². The van der Waals surface area contributed by atoms with Gasteiger partial charge < -0.3 is 27.9 Å². The van der Waals surface area contributed by atoms with E-state index < -0.39 is 52.4 Å². The second-order valence-electron chi connectivity index (χ2n) is 19.9. The molecule has 0 atom stereocenters. The van der Waals surface area contributed by atoms with Gasteiger partial charge >= 0.3 is 21.1 Å². The topological polar surface area (TPSA) is 159 Å². The van der Waals surface area contributed by atoms with Gasteiger partial charge in [0.1, 0.15) is 0 Å². The van der Waals surface area contributed by atoms with Crippen LogP contribution in [0.25, 0.3) is 21.8 Å². The fraction of sp³-hybridized carbons (Fsp3) is 0.435. The molecule has 2 aromatic carbocycles. The lowest BCUT2D eigenvalue weighted by atomic mass is 9.49. The van der Waals surface area contributed by atoms with Crippen molar-refractivity contribution >= 4 is 84.4 Å². The smallest absolute Gasteiger partial charge is 0.405 e. The maximum absolute atomic E-state index is 13.1. The van der Waals surface area contributed by atoms with E-state index in [-0.39, 0.29) is 32.2 Å². The number of aryl methyl sites for hydroxylation is 2. The summed E-state index contributed by atoms with van der Waals surface area (Å²) < 4.78 is 91.0. The zero-order chi connectivity index (χ0) is 48.6. The molecule has 0 radical (unpaired) electrons. The second kappa shape index (κ2) is 17.3. The normalized spacial score (nSPS) is 20.3. The molecule has 3 saturated heterocycles. The molecule has 6 aromatic rings. The molecule has 3 fully saturated rings. The monoisotopic (exact) mass is 1000 g/mol. The minimum atomic E-state index is -3.73. The van der Waals surface area contributed by atoms with Crippen molar-refractivity contribution in [3.63, 3.8) is 0 Å². The van der Waals surface area contributed by atoms with Crippen molar-refractivity contribution in [2.75, 3.05) is 0 Å². The predicted molar refractivity (Wildman–Crippen MR) is 263 cm³/mol. The fourth-order valence-corrected chi connectivity index (χ4v) is 10.4. The highest BCUT2D eigenvalue weighted by Gasteiger charge is 2.63. The Bertz CT molecular complexity index is 2910. The minimum Gasteiger partial charge on any atom is -0.405 e. The molecule has 0 amide bonds. The molecular formula is C46H58B3BrN4O10S2. The Morgan fingerprint density at radius 2 is 0.803 bits per heavy atom. The summed E-state index contributed by atoms with van der Waals surface area (Å²) in [7, 11) is -8.89. The number of hydrogen-bond donors (Lipinski definition) is 0. The summed E-state index contributed by atoms with van der Waals surface area (Å²) in [5.41, 5.74) is 1.37. The maximum atomic E-state index is 13.1. The third-order valence-electron chi connectivity index (χ3n) is 13.6. The lowest BCUT2D eigenvalue weighted by molar-refractivity contribution is 0.00578. The number of aromatic nitrogens is 4. The van der Waals surface area contributed by atoms with E-state index in [4.69, 9.17) is 27.9 Å². The third kappa shape index (κ3) is 9.21. The van der Waals surface area contributed by atoms with Gasteiger partial charge in [-0.05, 0) is 149 Å². The van der Waals surface area contributed by atoms with Crippen LogP contribution >= 0.6 is 15.9 Å². The molecule has 0 N–H and O–H groups in total. The van der Waals surface area contributed by atoms with E-state index in [1.807, 2.05) is 96.9 Å². The Balaban J connectivity index is 0.000000152. The first-order valence-electron chi connectivity index (χ1n) is 21.7. The lowest BCUT2D eigenvalue weighted by Gasteiger charge is -2.32. The van der Waals surface area contributed by atoms with Crippen molar-refractivity contribution in [2.45, 2.75) is 140 Å². The number of rotatable bonds is 6. The number of benzene rings is 2. The van der Waals surface area contributed by atoms with E-state index in [0.717, 1.165) is 26.4 Å². The molecule has 0 saturated carbocycles. The molecule has 20 heteroatoms. The van der Waals surface area contributed by atoms with Crippen LogP contribution in [-0.4, -0.2) is 89.5 Å². The molecule has 0 unspecified atom stereocenters. The SMILES string of the molecule is CC1(C)OB(B2OC(C)(C)C(C)(C)O2)OC1(C)C.Cc1ccc(S(=O)(=O)n2ccc3c(B4OC(C)(C)C(C)(C)O4)cncc32)cc1.Cc1ccc(S(=O)(=O)n2ccc3c(Br)cncc32)cc1. The molecule has 3 aliphatic rings. The van der Waals surface area contributed by atoms with Crippen LogP contribution in [0.2, 0.25) is 0 Å². The highest BCUT2D eigenvalue weighted by Crippen LogP contribution is 2.43. The highest BCUT2D eigenvalue weighted by atomic mass is 79.9. The fourth-order valence-electron chi connectivity index (χ4n) is 7.28. The van der Waals surface area contributed by atoms with Gasteiger partial charge in [0, 0.05) is 45.5 Å². The molecule has 0 aliphatic carbocycles. The van der Waals surface area contributed by atoms with Gasteiger partial charge in [-0.1, -0.05) is 35.4 Å². The van der Waals surface area contributed by atoms with Crippen molar-refractivity contribution in [1.29, 1.82) is 0 Å². The molecule has 9 rings (SSSR count). The number of halogens is 1. The summed E-state index contributed by atoms with van der Waals surface area (Å²) in [5.74, 6) is 0. The number of pyridine rings is 2. The number of fused-ring (bicyclic) bond motifs is 2. The van der Waals surface area contributed by atoms with Gasteiger partial charge in [0.2, 0.25) is 0 Å². The summed E-state index contributed by atoms with van der Waals surface area (Å²) in [6, 6.07) is 17.1. The van der Waals surface area contributed by atoms with E-state index in [2.05, 4.69) is 25.9 Å². The largest absolute Gasteiger partial charge is 0.497 e. The van der Waals surface area contributed by atoms with Crippen molar-refractivity contribution < 1.29 is 44.8 Å². The molecular weight excluding hydrogens is 945 g/mol. The highest BCUT2D eigenvalue weighted by molar-refractivity contribution is 9.10. The second-order valence-corrected chi connectivity index (χ2v) is 24.4. The minimum absolute atomic E-state index is 0.233. The van der Waals surface area contributed by atoms with Crippen LogP contribution in [0.1, 0.15) is 94.2 Å². The van der Waals surface area contributed by atoms with Gasteiger partial charge in [-0.25, -0.2) is 24.8 Å². The van der Waals surface area contributed by atoms with E-state index in [9.17, 15) is 16.8 Å². The van der Waals surface area contributed by atoms with Crippen molar-refractivity contribution in [1.82, 2.24) is 17.9 Å². The first kappa shape index (κ1) is 50.0. The average Bonchev–Trinajstić information content (AvgIpc) is 4.00. The Kier molecular flexibility index (Phi) is 13.1. The van der Waals surface area contributed by atoms with E-state index in [0.29, 0.717) is 16.5 Å². The summed E-state index contributed by atoms with van der Waals surface area (Å²) >= 11 is 3.37. The lowest BCUT2D eigenvalue weighted by Crippen LogP contribution is -2.41. The van der Waals surface area contributed by atoms with Crippen LogP contribution in [0.4, 0.5) is 0 Å². The first-order chi connectivity index (χ1) is 30.4. The standard InChI is InChI=1S/C20H23BN2O4S.C14H11BrN2O2S.C12H24B2O4/c1-14-6-8-15(9-7-14)28(24,25)23-11-10-16-17(12-22-13-18(16)23)21-26-19(2,3)20(4,5)27-21;1-10-2-4-11(5-3-10)20(18,19)17-7-6-12-13(15)8-16-9-14(12)17;1-9(2)10(3,4)16-13(15-9)14-17-11(5,6)12(7,8)18-14/h6-13H,1-5H3;2-9H,1H3;1-8H3. The molecule has 0 bridgehead atoms. The van der Waals surface area contributed by atoms with Gasteiger partial charge in [0.25, 0.3) is 20.0 Å². The van der Waals surface area contributed by atoms with Crippen LogP contribution < -0.4 is 5.46 Å². The van der Waals surface area contributed by atoms with Crippen molar-refractivity contribution in [3.05, 3.63) is 113 Å². The average molecular weight is 1000 g/mol. The maximum Gasteiger partial charge on any atom is 0.497 e. The molecule has 3 aliphatic heterocycles. The quantitative estimate of drug-likeness (QED) is 0.147. The van der Waals surface area contributed by atoms with Gasteiger partial charge in [-0.2, -0.15) is 0 Å². The molecule has 350 valence electrons. The Labute approximate surface area is 398 Å². The van der Waals surface area contributed by atoms with Crippen LogP contribution in [0.15, 0.2) is 112 Å². The molecule has 66 heavy (non-hydrogen) atoms. The summed E-state index contributed by atoms with van der Waals surface area (Å²) in [6.07, 6.45) is 9.52. The molecule has 4 aromatic heterocycles. The summed E-state index contributed by atoms with van der Waals surface area (Å²) in [5, 5.41) is 1.56. The zero-order valence-electron chi connectivity index (χ0n) is 40.0. The van der Waals surface area contributed by atoms with Crippen LogP contribution in [0.3, 0.4) is 0 Å². The van der Waals surface area contributed by atoms with Crippen molar-refractivity contribution in [3.8, 4) is 0 Å². The predicted octanol–water partition coefficient (Wildman–Crippen LogP) is 8.47. The molecule has 7 heterocycles. The van der Waals surface area contributed by atoms with Gasteiger partial charge in [-0.3, -0.25) is 9.97 Å². The number of hydrogen-bond acceptors (Lipinski definition) is 12. The van der Waals surface area contributed by atoms with Crippen LogP contribution in [0.5, 0.6) is 0 Å². The van der Waals surface area contributed by atoms with Gasteiger partial charge in [0.15, 0.2) is 0 Å². The van der Waals surface area contributed by atoms with Crippen LogP contribution in [0, 0.1) is 13.8 Å². The van der Waals surface area contributed by atoms with E-state index in [1.165, 1.54) is 7.94 Å². The molecule has 14 nitrogen and oxygen atoms in total. The molecule has 0 spiro atoms. The number of nitrogens with zero attached hydrogens (tertiary/aromatic N) is 4.